The summed E-state index contributed by atoms with van der Waals surface area (Å²) in [5.74, 6) is -0.265. The Morgan fingerprint density at radius 1 is 1.27 bits per heavy atom. The van der Waals surface area contributed by atoms with Crippen LogP contribution in [0.1, 0.15) is 17.5 Å². The van der Waals surface area contributed by atoms with E-state index >= 15 is 0 Å². The highest BCUT2D eigenvalue weighted by molar-refractivity contribution is 7.88. The highest BCUT2D eigenvalue weighted by atomic mass is 32.2. The third-order valence-electron chi connectivity index (χ3n) is 5.22. The fraction of sp³-hybridized carbons (Fsp3) is 0.600. The van der Waals surface area contributed by atoms with Crippen molar-refractivity contribution in [1.82, 2.24) is 14.2 Å². The number of ether oxygens (including phenoxy) is 1. The number of hydrogen-bond acceptors (Lipinski definition) is 7. The highest BCUT2D eigenvalue weighted by Gasteiger charge is 2.24. The molecule has 1 amide bonds. The molecule has 8 nitrogen and oxygen atoms in total. The van der Waals surface area contributed by atoms with Crippen molar-refractivity contribution in [3.8, 4) is 0 Å². The lowest BCUT2D eigenvalue weighted by atomic mass is 10.1. The Morgan fingerprint density at radius 2 is 1.97 bits per heavy atom. The van der Waals surface area contributed by atoms with Crippen molar-refractivity contribution in [3.63, 3.8) is 0 Å². The SMILES string of the molecule is Cc1cc(C)c2sc(N(CCCN3CCOCC3)C(=O)CN(C)S(C)(=O)=O)nc2c1. The predicted octanol–water partition coefficient (Wildman–Crippen LogP) is 1.86. The summed E-state index contributed by atoms with van der Waals surface area (Å²) in [4.78, 5) is 21.7. The number of morpholine rings is 1. The maximum atomic E-state index is 13.1. The van der Waals surface area contributed by atoms with Gasteiger partial charge in [-0.3, -0.25) is 14.6 Å². The zero-order valence-corrected chi connectivity index (χ0v) is 19.7. The van der Waals surface area contributed by atoms with Crippen LogP contribution in [0.2, 0.25) is 0 Å². The number of thiazole rings is 1. The number of aryl methyl sites for hydroxylation is 2. The number of nitrogens with zero attached hydrogens (tertiary/aromatic N) is 4. The molecule has 2 aromatic rings. The number of carbonyl (C=O) groups is 1. The molecule has 166 valence electrons. The van der Waals surface area contributed by atoms with Gasteiger partial charge in [-0.25, -0.2) is 13.4 Å². The summed E-state index contributed by atoms with van der Waals surface area (Å²) >= 11 is 1.48. The van der Waals surface area contributed by atoms with E-state index in [0.29, 0.717) is 11.7 Å². The summed E-state index contributed by atoms with van der Waals surface area (Å²) in [6, 6.07) is 4.12. The van der Waals surface area contributed by atoms with E-state index in [4.69, 9.17) is 9.72 Å². The van der Waals surface area contributed by atoms with Gasteiger partial charge in [0.05, 0.1) is 36.2 Å². The second-order valence-electron chi connectivity index (χ2n) is 7.80. The van der Waals surface area contributed by atoms with Crippen LogP contribution in [0.4, 0.5) is 5.13 Å². The predicted molar refractivity (Wildman–Crippen MR) is 121 cm³/mol. The Labute approximate surface area is 182 Å². The molecule has 1 aliphatic rings. The maximum Gasteiger partial charge on any atom is 0.244 e. The number of hydrogen-bond donors (Lipinski definition) is 0. The number of benzene rings is 1. The molecule has 0 unspecified atom stereocenters. The summed E-state index contributed by atoms with van der Waals surface area (Å²) in [7, 11) is -2.02. The van der Waals surface area contributed by atoms with Gasteiger partial charge in [0.15, 0.2) is 5.13 Å². The first-order chi connectivity index (χ1) is 14.1. The lowest BCUT2D eigenvalue weighted by Gasteiger charge is -2.28. The van der Waals surface area contributed by atoms with Gasteiger partial charge in [0.25, 0.3) is 0 Å². The van der Waals surface area contributed by atoms with Crippen molar-refractivity contribution >= 4 is 42.6 Å². The number of fused-ring (bicyclic) bond motifs is 1. The minimum atomic E-state index is -3.44. The number of sulfonamides is 1. The number of likely N-dealkylation sites (N-methyl/N-ethyl adjacent to an activating group) is 1. The van der Waals surface area contributed by atoms with Crippen molar-refractivity contribution in [2.75, 3.05) is 64.1 Å². The molecule has 0 N–H and O–H groups in total. The fourth-order valence-corrected chi connectivity index (χ4v) is 4.88. The lowest BCUT2D eigenvalue weighted by Crippen LogP contribution is -2.43. The molecule has 0 atom stereocenters. The van der Waals surface area contributed by atoms with Gasteiger partial charge in [-0.05, 0) is 37.5 Å². The minimum Gasteiger partial charge on any atom is -0.379 e. The number of carbonyl (C=O) groups excluding carboxylic acids is 1. The Morgan fingerprint density at radius 3 is 2.63 bits per heavy atom. The Hall–Kier alpha value is -1.59. The second kappa shape index (κ2) is 9.69. The van der Waals surface area contributed by atoms with E-state index in [1.165, 1.54) is 18.4 Å². The second-order valence-corrected chi connectivity index (χ2v) is 10.9. The van der Waals surface area contributed by atoms with Crippen molar-refractivity contribution in [2.24, 2.45) is 0 Å². The van der Waals surface area contributed by atoms with E-state index < -0.39 is 10.0 Å². The van der Waals surface area contributed by atoms with Crippen molar-refractivity contribution in [1.29, 1.82) is 0 Å². The van der Waals surface area contributed by atoms with Crippen LogP contribution >= 0.6 is 11.3 Å². The quantitative estimate of drug-likeness (QED) is 0.606. The standard InChI is InChI=1S/C20H30N4O4S2/c1-15-12-16(2)19-17(13-15)21-20(29-19)24(18(25)14-22(3)30(4,26)27)7-5-6-23-8-10-28-11-9-23/h12-13H,5-11,14H2,1-4H3. The lowest BCUT2D eigenvalue weighted by molar-refractivity contribution is -0.118. The van der Waals surface area contributed by atoms with E-state index in [-0.39, 0.29) is 12.5 Å². The van der Waals surface area contributed by atoms with Gasteiger partial charge in [-0.15, -0.1) is 0 Å². The zero-order valence-electron chi connectivity index (χ0n) is 18.0. The Balaban J connectivity index is 1.80. The topological polar surface area (TPSA) is 83.0 Å². The normalized spacial score (nSPS) is 15.8. The van der Waals surface area contributed by atoms with E-state index in [0.717, 1.165) is 71.2 Å². The van der Waals surface area contributed by atoms with Crippen LogP contribution in [-0.2, 0) is 19.6 Å². The average Bonchev–Trinajstić information content (AvgIpc) is 3.09. The molecule has 1 aromatic heterocycles. The molecule has 1 aliphatic heterocycles. The molecule has 0 spiro atoms. The molecule has 1 aromatic carbocycles. The van der Waals surface area contributed by atoms with Gasteiger partial charge < -0.3 is 4.74 Å². The zero-order chi connectivity index (χ0) is 21.9. The van der Waals surface area contributed by atoms with Gasteiger partial charge in [-0.2, -0.15) is 4.31 Å². The summed E-state index contributed by atoms with van der Waals surface area (Å²) < 4.78 is 31.1. The number of aromatic nitrogens is 1. The van der Waals surface area contributed by atoms with Crippen LogP contribution in [0.5, 0.6) is 0 Å². The maximum absolute atomic E-state index is 13.1. The first-order valence-electron chi connectivity index (χ1n) is 10.0. The summed E-state index contributed by atoms with van der Waals surface area (Å²) in [6.07, 6.45) is 1.88. The molecule has 1 saturated heterocycles. The monoisotopic (exact) mass is 454 g/mol. The van der Waals surface area contributed by atoms with Crippen molar-refractivity contribution in [3.05, 3.63) is 23.3 Å². The van der Waals surface area contributed by atoms with Crippen LogP contribution in [0.25, 0.3) is 10.2 Å². The first-order valence-corrected chi connectivity index (χ1v) is 12.7. The fourth-order valence-electron chi connectivity index (χ4n) is 3.48. The van der Waals surface area contributed by atoms with E-state index in [1.807, 2.05) is 19.9 Å². The Bertz CT molecular complexity index is 1000. The first kappa shape index (κ1) is 23.1. The van der Waals surface area contributed by atoms with Crippen LogP contribution < -0.4 is 4.90 Å². The third-order valence-corrected chi connectivity index (χ3v) is 7.72. The number of rotatable bonds is 8. The molecule has 3 rings (SSSR count). The number of anilines is 1. The van der Waals surface area contributed by atoms with Gasteiger partial charge in [-0.1, -0.05) is 17.4 Å². The van der Waals surface area contributed by atoms with Crippen LogP contribution in [0.15, 0.2) is 12.1 Å². The molecular weight excluding hydrogens is 424 g/mol. The van der Waals surface area contributed by atoms with Gasteiger partial charge >= 0.3 is 0 Å². The van der Waals surface area contributed by atoms with Crippen LogP contribution in [-0.4, -0.2) is 87.8 Å². The van der Waals surface area contributed by atoms with Crippen molar-refractivity contribution < 1.29 is 17.9 Å². The summed E-state index contributed by atoms with van der Waals surface area (Å²) in [6.45, 7) is 8.47. The molecule has 0 radical (unpaired) electrons. The Kier molecular flexibility index (Phi) is 7.46. The number of amides is 1. The van der Waals surface area contributed by atoms with E-state index in [1.54, 1.807) is 4.90 Å². The smallest absolute Gasteiger partial charge is 0.244 e. The van der Waals surface area contributed by atoms with E-state index in [9.17, 15) is 13.2 Å². The molecule has 0 bridgehead atoms. The van der Waals surface area contributed by atoms with E-state index in [2.05, 4.69) is 11.0 Å². The summed E-state index contributed by atoms with van der Waals surface area (Å²) in [5.41, 5.74) is 3.12. The minimum absolute atomic E-state index is 0.204. The third kappa shape index (κ3) is 5.76. The summed E-state index contributed by atoms with van der Waals surface area (Å²) in [5, 5.41) is 0.618. The molecule has 0 saturated carbocycles. The molecule has 1 fully saturated rings. The largest absolute Gasteiger partial charge is 0.379 e. The van der Waals surface area contributed by atoms with Gasteiger partial charge in [0, 0.05) is 33.2 Å². The molecule has 30 heavy (non-hydrogen) atoms. The molecule has 0 aliphatic carbocycles. The highest BCUT2D eigenvalue weighted by Crippen LogP contribution is 2.32. The molecule has 10 heteroatoms. The average molecular weight is 455 g/mol. The molecular formula is C20H30N4O4S2. The van der Waals surface area contributed by atoms with Crippen molar-refractivity contribution in [2.45, 2.75) is 20.3 Å². The van der Waals surface area contributed by atoms with Crippen LogP contribution in [0, 0.1) is 13.8 Å². The van der Waals surface area contributed by atoms with Gasteiger partial charge in [0.2, 0.25) is 15.9 Å². The van der Waals surface area contributed by atoms with Crippen LogP contribution in [0.3, 0.4) is 0 Å². The van der Waals surface area contributed by atoms with Gasteiger partial charge in [0.1, 0.15) is 0 Å². The molecule has 2 heterocycles.